The molecule has 10 nitrogen and oxygen atoms in total. The van der Waals surface area contributed by atoms with Crippen molar-refractivity contribution >= 4 is 23.2 Å². The minimum Gasteiger partial charge on any atom is -0.493 e. The molecule has 0 saturated heterocycles. The first-order chi connectivity index (χ1) is 13.4. The smallest absolute Gasteiger partial charge is 0.293 e. The number of hydrogen-bond acceptors (Lipinski definition) is 7. The van der Waals surface area contributed by atoms with Crippen LogP contribution in [0.3, 0.4) is 0 Å². The third-order valence-electron chi connectivity index (χ3n) is 3.74. The maximum atomic E-state index is 12.3. The van der Waals surface area contributed by atoms with Gasteiger partial charge in [0.05, 0.1) is 18.6 Å². The summed E-state index contributed by atoms with van der Waals surface area (Å²) in [6, 6.07) is 8.50. The van der Waals surface area contributed by atoms with Crippen molar-refractivity contribution in [2.45, 2.75) is 6.92 Å². The second kappa shape index (κ2) is 9.21. The first-order valence-electron chi connectivity index (χ1n) is 8.29. The van der Waals surface area contributed by atoms with Gasteiger partial charge in [0, 0.05) is 24.2 Å². The fourth-order valence-electron chi connectivity index (χ4n) is 2.38. The van der Waals surface area contributed by atoms with Gasteiger partial charge in [-0.1, -0.05) is 0 Å². The predicted octanol–water partition coefficient (Wildman–Crippen LogP) is 2.12. The number of hydrogen-bond donors (Lipinski definition) is 3. The average molecular weight is 388 g/mol. The molecule has 0 aliphatic carbocycles. The summed E-state index contributed by atoms with van der Waals surface area (Å²) in [5.41, 5.74) is 4.76. The Morgan fingerprint density at radius 3 is 2.18 bits per heavy atom. The topological polar surface area (TPSA) is 132 Å². The van der Waals surface area contributed by atoms with Gasteiger partial charge in [0.2, 0.25) is 0 Å². The lowest BCUT2D eigenvalue weighted by molar-refractivity contribution is -0.384. The van der Waals surface area contributed by atoms with Crippen LogP contribution in [0.15, 0.2) is 36.4 Å². The highest BCUT2D eigenvalue weighted by molar-refractivity contribution is 6.00. The van der Waals surface area contributed by atoms with Crippen LogP contribution in [0.5, 0.6) is 11.5 Å². The minimum absolute atomic E-state index is 0.0234. The van der Waals surface area contributed by atoms with Gasteiger partial charge in [-0.15, -0.1) is 0 Å². The molecule has 2 amide bonds. The molecule has 0 atom stereocenters. The van der Waals surface area contributed by atoms with Gasteiger partial charge in [-0.25, -0.2) is 0 Å². The highest BCUT2D eigenvalue weighted by Gasteiger charge is 2.18. The van der Waals surface area contributed by atoms with Crippen LogP contribution in [0, 0.1) is 10.1 Å². The summed E-state index contributed by atoms with van der Waals surface area (Å²) >= 11 is 0. The van der Waals surface area contributed by atoms with Crippen LogP contribution in [0.1, 0.15) is 27.6 Å². The van der Waals surface area contributed by atoms with Crippen molar-refractivity contribution < 1.29 is 24.0 Å². The van der Waals surface area contributed by atoms with Crippen LogP contribution >= 0.6 is 0 Å². The molecule has 0 aliphatic rings. The number of rotatable bonds is 7. The van der Waals surface area contributed by atoms with E-state index in [-0.39, 0.29) is 22.5 Å². The lowest BCUT2D eigenvalue weighted by Crippen LogP contribution is -2.41. The van der Waals surface area contributed by atoms with E-state index in [1.54, 1.807) is 6.07 Å². The average Bonchev–Trinajstić information content (AvgIpc) is 2.71. The van der Waals surface area contributed by atoms with Crippen molar-refractivity contribution in [2.75, 3.05) is 26.1 Å². The highest BCUT2D eigenvalue weighted by atomic mass is 16.6. The standard InChI is InChI=1S/C18H20N4O6/c1-4-28-15-8-6-12(10-16(15)27-3)18(24)21-20-17(23)11-5-7-13(19-2)14(9-11)22(25)26/h5-10,19H,4H2,1-3H3,(H,20,23)(H,21,24). The van der Waals surface area contributed by atoms with E-state index in [4.69, 9.17) is 9.47 Å². The molecular formula is C18H20N4O6. The van der Waals surface area contributed by atoms with Gasteiger partial charge in [0.1, 0.15) is 5.69 Å². The molecule has 0 aliphatic heterocycles. The molecule has 0 bridgehead atoms. The van der Waals surface area contributed by atoms with Gasteiger partial charge in [-0.05, 0) is 37.3 Å². The molecule has 0 unspecified atom stereocenters. The number of nitro benzene ring substituents is 1. The van der Waals surface area contributed by atoms with E-state index in [2.05, 4.69) is 16.2 Å². The summed E-state index contributed by atoms with van der Waals surface area (Å²) in [6.45, 7) is 2.26. The maximum Gasteiger partial charge on any atom is 0.293 e. The van der Waals surface area contributed by atoms with Crippen LogP contribution in [0.2, 0.25) is 0 Å². The molecule has 10 heteroatoms. The number of nitrogens with one attached hydrogen (secondary N) is 3. The number of ether oxygens (including phenoxy) is 2. The van der Waals surface area contributed by atoms with Gasteiger partial charge in [0.25, 0.3) is 17.5 Å². The number of carbonyl (C=O) groups excluding carboxylic acids is 2. The fourth-order valence-corrected chi connectivity index (χ4v) is 2.38. The molecule has 0 radical (unpaired) electrons. The molecule has 148 valence electrons. The molecule has 0 spiro atoms. The normalized spacial score (nSPS) is 9.96. The van der Waals surface area contributed by atoms with Crippen molar-refractivity contribution in [1.82, 2.24) is 10.9 Å². The maximum absolute atomic E-state index is 12.3. The third kappa shape index (κ3) is 4.67. The van der Waals surface area contributed by atoms with Gasteiger partial charge in [-0.2, -0.15) is 0 Å². The van der Waals surface area contributed by atoms with E-state index in [1.807, 2.05) is 6.92 Å². The van der Waals surface area contributed by atoms with Crippen LogP contribution in [-0.4, -0.2) is 37.5 Å². The SMILES string of the molecule is CCOc1ccc(C(=O)NNC(=O)c2ccc(NC)c([N+](=O)[O-])c2)cc1OC. The summed E-state index contributed by atoms with van der Waals surface area (Å²) in [6.07, 6.45) is 0. The van der Waals surface area contributed by atoms with Gasteiger partial charge >= 0.3 is 0 Å². The second-order valence-electron chi connectivity index (χ2n) is 5.45. The summed E-state index contributed by atoms with van der Waals surface area (Å²) < 4.78 is 10.6. The quantitative estimate of drug-likeness (QED) is 0.489. The minimum atomic E-state index is -0.697. The number of hydrazine groups is 1. The molecule has 2 aromatic rings. The monoisotopic (exact) mass is 388 g/mol. The van der Waals surface area contributed by atoms with Crippen LogP contribution in [-0.2, 0) is 0 Å². The molecule has 0 heterocycles. The van der Waals surface area contributed by atoms with E-state index < -0.39 is 16.7 Å². The van der Waals surface area contributed by atoms with E-state index in [0.717, 1.165) is 6.07 Å². The number of benzene rings is 2. The Balaban J connectivity index is 2.09. The molecule has 0 fully saturated rings. The first-order valence-corrected chi connectivity index (χ1v) is 8.29. The molecule has 2 aromatic carbocycles. The van der Waals surface area contributed by atoms with E-state index in [0.29, 0.717) is 18.1 Å². The molecule has 0 aromatic heterocycles. The highest BCUT2D eigenvalue weighted by Crippen LogP contribution is 2.28. The summed E-state index contributed by atoms with van der Waals surface area (Å²) in [5, 5.41) is 13.8. The molecule has 2 rings (SSSR count). The molecule has 28 heavy (non-hydrogen) atoms. The Labute approximate surface area is 161 Å². The summed E-state index contributed by atoms with van der Waals surface area (Å²) in [7, 11) is 2.98. The van der Waals surface area contributed by atoms with Gasteiger partial charge in [0.15, 0.2) is 11.5 Å². The van der Waals surface area contributed by atoms with Crippen molar-refractivity contribution in [3.05, 3.63) is 57.6 Å². The second-order valence-corrected chi connectivity index (χ2v) is 5.45. The lowest BCUT2D eigenvalue weighted by Gasteiger charge is -2.12. The Hall–Kier alpha value is -3.82. The van der Waals surface area contributed by atoms with E-state index >= 15 is 0 Å². The van der Waals surface area contributed by atoms with Crippen molar-refractivity contribution in [3.63, 3.8) is 0 Å². The summed E-state index contributed by atoms with van der Waals surface area (Å²) in [4.78, 5) is 34.9. The van der Waals surface area contributed by atoms with Crippen molar-refractivity contribution in [3.8, 4) is 11.5 Å². The molecular weight excluding hydrogens is 368 g/mol. The van der Waals surface area contributed by atoms with Crippen molar-refractivity contribution in [1.29, 1.82) is 0 Å². The third-order valence-corrected chi connectivity index (χ3v) is 3.74. The fraction of sp³-hybridized carbons (Fsp3) is 0.222. The van der Waals surface area contributed by atoms with Gasteiger partial charge in [-0.3, -0.25) is 30.6 Å². The van der Waals surface area contributed by atoms with Crippen LogP contribution in [0.4, 0.5) is 11.4 Å². The number of amides is 2. The zero-order valence-electron chi connectivity index (χ0n) is 15.6. The first kappa shape index (κ1) is 20.5. The number of anilines is 1. The van der Waals surface area contributed by atoms with Crippen molar-refractivity contribution in [2.24, 2.45) is 0 Å². The number of carbonyl (C=O) groups is 2. The predicted molar refractivity (Wildman–Crippen MR) is 102 cm³/mol. The number of methoxy groups -OCH3 is 1. The Bertz CT molecular complexity index is 900. The van der Waals surface area contributed by atoms with Crippen LogP contribution in [0.25, 0.3) is 0 Å². The Morgan fingerprint density at radius 1 is 1.04 bits per heavy atom. The zero-order chi connectivity index (χ0) is 20.7. The van der Waals surface area contributed by atoms with Gasteiger partial charge < -0.3 is 14.8 Å². The zero-order valence-corrected chi connectivity index (χ0v) is 15.6. The lowest BCUT2D eigenvalue weighted by atomic mass is 10.1. The summed E-state index contributed by atoms with van der Waals surface area (Å²) in [5.74, 6) is -0.422. The van der Waals surface area contributed by atoms with E-state index in [1.165, 1.54) is 38.4 Å². The Morgan fingerprint density at radius 2 is 1.64 bits per heavy atom. The molecule has 3 N–H and O–H groups in total. The number of nitrogens with zero attached hydrogens (tertiary/aromatic N) is 1. The van der Waals surface area contributed by atoms with E-state index in [9.17, 15) is 19.7 Å². The largest absolute Gasteiger partial charge is 0.493 e. The Kier molecular flexibility index (Phi) is 6.74. The molecule has 0 saturated carbocycles. The van der Waals surface area contributed by atoms with Crippen LogP contribution < -0.4 is 25.6 Å². The number of nitro groups is 1.